The highest BCUT2D eigenvalue weighted by molar-refractivity contribution is 5.97. The SMILES string of the molecule is Nc1ncc2c(n1)CN(Cc1ccccc1)C2=O. The molecule has 18 heavy (non-hydrogen) atoms. The van der Waals surface area contributed by atoms with Crippen LogP contribution in [-0.2, 0) is 13.1 Å². The van der Waals surface area contributed by atoms with Crippen LogP contribution in [0.4, 0.5) is 5.95 Å². The largest absolute Gasteiger partial charge is 0.368 e. The maximum atomic E-state index is 12.1. The summed E-state index contributed by atoms with van der Waals surface area (Å²) >= 11 is 0. The lowest BCUT2D eigenvalue weighted by molar-refractivity contribution is 0.0766. The lowest BCUT2D eigenvalue weighted by atomic mass is 10.2. The highest BCUT2D eigenvalue weighted by atomic mass is 16.2. The first-order valence-electron chi connectivity index (χ1n) is 5.68. The van der Waals surface area contributed by atoms with Gasteiger partial charge in [-0.2, -0.15) is 0 Å². The van der Waals surface area contributed by atoms with E-state index in [-0.39, 0.29) is 11.9 Å². The average Bonchev–Trinajstić information content (AvgIpc) is 2.67. The second-order valence-corrected chi connectivity index (χ2v) is 4.24. The molecule has 0 aliphatic carbocycles. The molecule has 2 aromatic rings. The molecule has 1 aliphatic heterocycles. The fourth-order valence-corrected chi connectivity index (χ4v) is 2.09. The van der Waals surface area contributed by atoms with E-state index in [1.54, 1.807) is 4.90 Å². The predicted molar refractivity (Wildman–Crippen MR) is 66.5 cm³/mol. The minimum absolute atomic E-state index is 0.0335. The molecule has 1 aromatic carbocycles. The number of benzene rings is 1. The van der Waals surface area contributed by atoms with E-state index in [1.165, 1.54) is 6.20 Å². The van der Waals surface area contributed by atoms with Crippen LogP contribution in [0.5, 0.6) is 0 Å². The summed E-state index contributed by atoms with van der Waals surface area (Å²) in [5.74, 6) is 0.178. The van der Waals surface area contributed by atoms with Gasteiger partial charge in [0.15, 0.2) is 0 Å². The number of anilines is 1. The van der Waals surface area contributed by atoms with Gasteiger partial charge >= 0.3 is 0 Å². The zero-order chi connectivity index (χ0) is 12.5. The molecule has 1 aliphatic rings. The van der Waals surface area contributed by atoms with E-state index in [0.717, 1.165) is 5.56 Å². The van der Waals surface area contributed by atoms with Gasteiger partial charge in [-0.1, -0.05) is 30.3 Å². The van der Waals surface area contributed by atoms with Crippen molar-refractivity contribution in [3.05, 3.63) is 53.3 Å². The predicted octanol–water partition coefficient (Wildman–Crippen LogP) is 1.21. The summed E-state index contributed by atoms with van der Waals surface area (Å²) in [6.45, 7) is 1.08. The van der Waals surface area contributed by atoms with Crippen LogP contribution in [-0.4, -0.2) is 20.8 Å². The Labute approximate surface area is 104 Å². The van der Waals surface area contributed by atoms with Gasteiger partial charge in [-0.3, -0.25) is 4.79 Å². The van der Waals surface area contributed by atoms with Crippen molar-refractivity contribution < 1.29 is 4.79 Å². The number of fused-ring (bicyclic) bond motifs is 1. The van der Waals surface area contributed by atoms with Crippen molar-refractivity contribution in [3.8, 4) is 0 Å². The number of nitrogen functional groups attached to an aromatic ring is 1. The summed E-state index contributed by atoms with van der Waals surface area (Å²) in [6, 6.07) is 9.87. The molecular weight excluding hydrogens is 228 g/mol. The van der Waals surface area contributed by atoms with Crippen LogP contribution in [0, 0.1) is 0 Å². The number of hydrogen-bond acceptors (Lipinski definition) is 4. The van der Waals surface area contributed by atoms with Crippen LogP contribution in [0.1, 0.15) is 21.6 Å². The van der Waals surface area contributed by atoms with Gasteiger partial charge in [-0.15, -0.1) is 0 Å². The Balaban J connectivity index is 1.84. The van der Waals surface area contributed by atoms with E-state index < -0.39 is 0 Å². The van der Waals surface area contributed by atoms with Crippen molar-refractivity contribution in [2.24, 2.45) is 0 Å². The fourth-order valence-electron chi connectivity index (χ4n) is 2.09. The second-order valence-electron chi connectivity index (χ2n) is 4.24. The van der Waals surface area contributed by atoms with Crippen molar-refractivity contribution in [1.29, 1.82) is 0 Å². The van der Waals surface area contributed by atoms with Crippen LogP contribution in [0.3, 0.4) is 0 Å². The normalized spacial score (nSPS) is 13.8. The third-order valence-corrected chi connectivity index (χ3v) is 2.96. The van der Waals surface area contributed by atoms with Gasteiger partial charge in [-0.05, 0) is 5.56 Å². The van der Waals surface area contributed by atoms with E-state index in [2.05, 4.69) is 9.97 Å². The van der Waals surface area contributed by atoms with Crippen molar-refractivity contribution in [2.45, 2.75) is 13.1 Å². The standard InChI is InChI=1S/C13H12N4O/c14-13-15-6-10-11(16-13)8-17(12(10)18)7-9-4-2-1-3-5-9/h1-6H,7-8H2,(H2,14,15,16). The maximum Gasteiger partial charge on any atom is 0.258 e. The number of carbonyl (C=O) groups is 1. The molecule has 0 saturated heterocycles. The molecule has 1 aromatic heterocycles. The fraction of sp³-hybridized carbons (Fsp3) is 0.154. The first-order chi connectivity index (χ1) is 8.74. The Kier molecular flexibility index (Phi) is 2.44. The van der Waals surface area contributed by atoms with Gasteiger partial charge < -0.3 is 10.6 Å². The molecular formula is C13H12N4O. The molecule has 1 amide bonds. The monoisotopic (exact) mass is 240 g/mol. The molecule has 0 fully saturated rings. The van der Waals surface area contributed by atoms with Crippen LogP contribution in [0.15, 0.2) is 36.5 Å². The summed E-state index contributed by atoms with van der Waals surface area (Å²) < 4.78 is 0. The number of nitrogens with two attached hydrogens (primary N) is 1. The van der Waals surface area contributed by atoms with E-state index in [9.17, 15) is 4.79 Å². The molecule has 0 atom stereocenters. The second kappa shape index (κ2) is 4.10. The molecule has 2 N–H and O–H groups in total. The van der Waals surface area contributed by atoms with Crippen molar-refractivity contribution in [1.82, 2.24) is 14.9 Å². The van der Waals surface area contributed by atoms with Crippen molar-refractivity contribution >= 4 is 11.9 Å². The number of carbonyl (C=O) groups excluding carboxylic acids is 1. The zero-order valence-electron chi connectivity index (χ0n) is 9.71. The van der Waals surface area contributed by atoms with Gasteiger partial charge in [-0.25, -0.2) is 9.97 Å². The summed E-state index contributed by atoms with van der Waals surface area (Å²) in [5, 5.41) is 0. The van der Waals surface area contributed by atoms with Crippen LogP contribution in [0.25, 0.3) is 0 Å². The lowest BCUT2D eigenvalue weighted by Crippen LogP contribution is -2.23. The van der Waals surface area contributed by atoms with E-state index in [0.29, 0.717) is 24.3 Å². The molecule has 0 saturated carbocycles. The summed E-state index contributed by atoms with van der Waals surface area (Å²) in [5.41, 5.74) is 7.89. The highest BCUT2D eigenvalue weighted by Gasteiger charge is 2.29. The molecule has 5 heteroatoms. The maximum absolute atomic E-state index is 12.1. The quantitative estimate of drug-likeness (QED) is 0.856. The first-order valence-corrected chi connectivity index (χ1v) is 5.68. The zero-order valence-corrected chi connectivity index (χ0v) is 9.71. The van der Waals surface area contributed by atoms with Gasteiger partial charge in [0.05, 0.1) is 17.8 Å². The number of hydrogen-bond donors (Lipinski definition) is 1. The van der Waals surface area contributed by atoms with Crippen LogP contribution < -0.4 is 5.73 Å². The molecule has 2 heterocycles. The Hall–Kier alpha value is -2.43. The molecule has 90 valence electrons. The van der Waals surface area contributed by atoms with E-state index in [1.807, 2.05) is 30.3 Å². The number of rotatable bonds is 2. The van der Waals surface area contributed by atoms with E-state index in [4.69, 9.17) is 5.73 Å². The van der Waals surface area contributed by atoms with Crippen molar-refractivity contribution in [2.75, 3.05) is 5.73 Å². The van der Waals surface area contributed by atoms with Gasteiger partial charge in [0, 0.05) is 12.7 Å². The topological polar surface area (TPSA) is 72.1 Å². The molecule has 0 unspecified atom stereocenters. The highest BCUT2D eigenvalue weighted by Crippen LogP contribution is 2.22. The van der Waals surface area contributed by atoms with Crippen molar-refractivity contribution in [3.63, 3.8) is 0 Å². The Morgan fingerprint density at radius 1 is 1.28 bits per heavy atom. The molecule has 0 bridgehead atoms. The average molecular weight is 240 g/mol. The third-order valence-electron chi connectivity index (χ3n) is 2.96. The molecule has 0 radical (unpaired) electrons. The smallest absolute Gasteiger partial charge is 0.258 e. The van der Waals surface area contributed by atoms with Gasteiger partial charge in [0.25, 0.3) is 5.91 Å². The minimum Gasteiger partial charge on any atom is -0.368 e. The summed E-state index contributed by atoms with van der Waals surface area (Å²) in [7, 11) is 0. The van der Waals surface area contributed by atoms with Crippen LogP contribution >= 0.6 is 0 Å². The number of amides is 1. The van der Waals surface area contributed by atoms with E-state index >= 15 is 0 Å². The number of aromatic nitrogens is 2. The first kappa shape index (κ1) is 10.7. The molecule has 0 spiro atoms. The molecule has 5 nitrogen and oxygen atoms in total. The molecule has 3 rings (SSSR count). The van der Waals surface area contributed by atoms with Gasteiger partial charge in [0.2, 0.25) is 5.95 Å². The minimum atomic E-state index is -0.0335. The van der Waals surface area contributed by atoms with Gasteiger partial charge in [0.1, 0.15) is 0 Å². The Bertz CT molecular complexity index is 597. The third kappa shape index (κ3) is 1.79. The number of nitrogens with zero attached hydrogens (tertiary/aromatic N) is 3. The Morgan fingerprint density at radius 3 is 2.83 bits per heavy atom. The summed E-state index contributed by atoms with van der Waals surface area (Å²) in [6.07, 6.45) is 1.50. The van der Waals surface area contributed by atoms with Crippen LogP contribution in [0.2, 0.25) is 0 Å². The Morgan fingerprint density at radius 2 is 2.06 bits per heavy atom. The summed E-state index contributed by atoms with van der Waals surface area (Å²) in [4.78, 5) is 21.8. The lowest BCUT2D eigenvalue weighted by Gasteiger charge is -2.14.